The normalized spacial score (nSPS) is 14.1. The maximum absolute atomic E-state index is 4.54. The molecule has 0 aliphatic carbocycles. The van der Waals surface area contributed by atoms with Crippen LogP contribution in [0.4, 0.5) is 5.13 Å². The van der Waals surface area contributed by atoms with Crippen LogP contribution in [0.2, 0.25) is 0 Å². The lowest BCUT2D eigenvalue weighted by Crippen LogP contribution is -2.37. The molecule has 1 aliphatic rings. The van der Waals surface area contributed by atoms with Gasteiger partial charge in [-0.25, -0.2) is 4.98 Å². The Kier molecular flexibility index (Phi) is 5.41. The Morgan fingerprint density at radius 3 is 2.80 bits per heavy atom. The third-order valence-electron chi connectivity index (χ3n) is 3.04. The van der Waals surface area contributed by atoms with E-state index in [-0.39, 0.29) is 24.0 Å². The molecule has 0 amide bonds. The highest BCUT2D eigenvalue weighted by atomic mass is 127. The molecule has 0 saturated carbocycles. The molecule has 0 radical (unpaired) electrons. The summed E-state index contributed by atoms with van der Waals surface area (Å²) in [6.07, 6.45) is 0. The fraction of sp³-hybridized carbons (Fsp3) is 0.385. The van der Waals surface area contributed by atoms with Crippen molar-refractivity contribution < 1.29 is 0 Å². The Hall–Kier alpha value is -1.09. The summed E-state index contributed by atoms with van der Waals surface area (Å²) in [6.45, 7) is 3.59. The number of rotatable bonds is 4. The highest BCUT2D eigenvalue weighted by molar-refractivity contribution is 14.0. The number of halogens is 1. The van der Waals surface area contributed by atoms with Gasteiger partial charge in [0, 0.05) is 26.7 Å². The van der Waals surface area contributed by atoms with Crippen LogP contribution < -0.4 is 10.6 Å². The number of hydrogen-bond donors (Lipinski definition) is 2. The lowest BCUT2D eigenvalue weighted by Gasteiger charge is -2.15. The lowest BCUT2D eigenvalue weighted by molar-refractivity contribution is 0.535. The number of anilines is 1. The number of nitrogens with one attached hydrogen (secondary N) is 2. The van der Waals surface area contributed by atoms with Crippen LogP contribution in [0.25, 0.3) is 10.2 Å². The predicted octanol–water partition coefficient (Wildman–Crippen LogP) is 2.22. The zero-order valence-corrected chi connectivity index (χ0v) is 14.4. The van der Waals surface area contributed by atoms with Gasteiger partial charge < -0.3 is 15.5 Å². The molecule has 2 N–H and O–H groups in total. The van der Waals surface area contributed by atoms with Gasteiger partial charge in [0.2, 0.25) is 0 Å². The van der Waals surface area contributed by atoms with E-state index in [0.29, 0.717) is 0 Å². The van der Waals surface area contributed by atoms with Gasteiger partial charge in [-0.2, -0.15) is 0 Å². The number of hydrogen-bond acceptors (Lipinski definition) is 6. The van der Waals surface area contributed by atoms with Crippen LogP contribution in [0.5, 0.6) is 0 Å². The van der Waals surface area contributed by atoms with Crippen LogP contribution in [0.1, 0.15) is 0 Å². The molecular weight excluding hydrogens is 385 g/mol. The van der Waals surface area contributed by atoms with E-state index in [1.807, 2.05) is 18.2 Å². The predicted molar refractivity (Wildman–Crippen MR) is 96.5 cm³/mol. The Labute approximate surface area is 139 Å². The van der Waals surface area contributed by atoms with Crippen LogP contribution in [0, 0.1) is 0 Å². The Morgan fingerprint density at radius 2 is 2.05 bits per heavy atom. The zero-order chi connectivity index (χ0) is 13.1. The van der Waals surface area contributed by atoms with Crippen molar-refractivity contribution in [1.82, 2.24) is 15.2 Å². The van der Waals surface area contributed by atoms with Gasteiger partial charge >= 0.3 is 0 Å². The summed E-state index contributed by atoms with van der Waals surface area (Å²) < 4.78 is 1.22. The number of para-hydroxylation sites is 1. The minimum atomic E-state index is 0. The minimum Gasteiger partial charge on any atom is -0.360 e. The van der Waals surface area contributed by atoms with Crippen LogP contribution in [-0.4, -0.2) is 49.1 Å². The largest absolute Gasteiger partial charge is 0.360 e. The molecule has 0 fully saturated rings. The van der Waals surface area contributed by atoms with Gasteiger partial charge in [-0.3, -0.25) is 4.99 Å². The van der Waals surface area contributed by atoms with Crippen LogP contribution in [-0.2, 0) is 0 Å². The fourth-order valence-corrected chi connectivity index (χ4v) is 2.91. The van der Waals surface area contributed by atoms with Gasteiger partial charge in [0.15, 0.2) is 11.1 Å². The molecule has 1 aromatic carbocycles. The standard InChI is InChI=1S/C13H17N5S.HI/c1-18-9-8-15-12(18)14-6-7-16-13-17-10-4-2-3-5-11(10)19-13;/h2-5H,6-9H2,1H3,(H,14,15)(H,16,17);1H. The number of benzene rings is 1. The van der Waals surface area contributed by atoms with E-state index in [4.69, 9.17) is 0 Å². The second-order valence-electron chi connectivity index (χ2n) is 4.47. The molecule has 0 atom stereocenters. The van der Waals surface area contributed by atoms with Crippen LogP contribution in [0.3, 0.4) is 0 Å². The van der Waals surface area contributed by atoms with Gasteiger partial charge in [-0.1, -0.05) is 23.5 Å². The summed E-state index contributed by atoms with van der Waals surface area (Å²) in [5, 5.41) is 7.65. The third-order valence-corrected chi connectivity index (χ3v) is 4.03. The number of guanidine groups is 1. The molecule has 2 aromatic rings. The van der Waals surface area contributed by atoms with Crippen molar-refractivity contribution in [3.8, 4) is 0 Å². The van der Waals surface area contributed by atoms with Gasteiger partial charge in [0.1, 0.15) is 0 Å². The summed E-state index contributed by atoms with van der Waals surface area (Å²) in [5.74, 6) is 0.992. The molecule has 108 valence electrons. The van der Waals surface area contributed by atoms with Crippen LogP contribution in [0.15, 0.2) is 29.3 Å². The van der Waals surface area contributed by atoms with E-state index in [0.717, 1.165) is 42.8 Å². The highest BCUT2D eigenvalue weighted by Crippen LogP contribution is 2.24. The van der Waals surface area contributed by atoms with Crippen molar-refractivity contribution in [2.24, 2.45) is 4.99 Å². The highest BCUT2D eigenvalue weighted by Gasteiger charge is 2.10. The second kappa shape index (κ2) is 7.07. The number of aromatic nitrogens is 1. The molecule has 20 heavy (non-hydrogen) atoms. The topological polar surface area (TPSA) is 52.5 Å². The van der Waals surface area contributed by atoms with Crippen LogP contribution >= 0.6 is 35.3 Å². The van der Waals surface area contributed by atoms with Crippen molar-refractivity contribution in [1.29, 1.82) is 0 Å². The molecular formula is C13H18IN5S. The van der Waals surface area contributed by atoms with Crippen molar-refractivity contribution >= 4 is 56.6 Å². The van der Waals surface area contributed by atoms with E-state index >= 15 is 0 Å². The second-order valence-corrected chi connectivity index (χ2v) is 5.50. The maximum atomic E-state index is 4.54. The van der Waals surface area contributed by atoms with Crippen molar-refractivity contribution in [2.45, 2.75) is 0 Å². The quantitative estimate of drug-likeness (QED) is 0.608. The molecule has 1 aliphatic heterocycles. The summed E-state index contributed by atoms with van der Waals surface area (Å²) in [4.78, 5) is 11.1. The first-order chi connectivity index (χ1) is 9.33. The average Bonchev–Trinajstić information content (AvgIpc) is 3.00. The summed E-state index contributed by atoms with van der Waals surface area (Å²) in [5.41, 5.74) is 1.06. The first kappa shape index (κ1) is 15.3. The number of fused-ring (bicyclic) bond motifs is 1. The zero-order valence-electron chi connectivity index (χ0n) is 11.3. The first-order valence-corrected chi connectivity index (χ1v) is 7.23. The molecule has 0 spiro atoms. The number of thiazole rings is 1. The third kappa shape index (κ3) is 3.51. The Balaban J connectivity index is 0.00000147. The molecule has 0 unspecified atom stereocenters. The number of nitrogens with zero attached hydrogens (tertiary/aromatic N) is 3. The van der Waals surface area contributed by atoms with Gasteiger partial charge in [-0.15, -0.1) is 24.0 Å². The summed E-state index contributed by atoms with van der Waals surface area (Å²) in [6, 6.07) is 8.19. The lowest BCUT2D eigenvalue weighted by atomic mass is 10.3. The van der Waals surface area contributed by atoms with E-state index in [9.17, 15) is 0 Å². The number of aliphatic imine (C=N–C) groups is 1. The van der Waals surface area contributed by atoms with E-state index in [2.05, 4.69) is 38.6 Å². The smallest absolute Gasteiger partial charge is 0.193 e. The summed E-state index contributed by atoms with van der Waals surface area (Å²) in [7, 11) is 2.06. The first-order valence-electron chi connectivity index (χ1n) is 6.42. The SMILES string of the molecule is CN1CCN=C1NCCNc1nc2ccccc2s1.I. The molecule has 3 rings (SSSR count). The fourth-order valence-electron chi connectivity index (χ4n) is 2.01. The molecule has 0 bridgehead atoms. The van der Waals surface area contributed by atoms with E-state index in [1.54, 1.807) is 11.3 Å². The minimum absolute atomic E-state index is 0. The molecule has 5 nitrogen and oxygen atoms in total. The molecule has 0 saturated heterocycles. The van der Waals surface area contributed by atoms with Gasteiger partial charge in [0.25, 0.3) is 0 Å². The maximum Gasteiger partial charge on any atom is 0.193 e. The van der Waals surface area contributed by atoms with Crippen molar-refractivity contribution in [2.75, 3.05) is 38.5 Å². The number of likely N-dealkylation sites (N-methyl/N-ethyl adjacent to an activating group) is 1. The van der Waals surface area contributed by atoms with Gasteiger partial charge in [-0.05, 0) is 12.1 Å². The van der Waals surface area contributed by atoms with Gasteiger partial charge in [0.05, 0.1) is 16.8 Å². The van der Waals surface area contributed by atoms with E-state index in [1.165, 1.54) is 4.70 Å². The van der Waals surface area contributed by atoms with E-state index < -0.39 is 0 Å². The average molecular weight is 403 g/mol. The Bertz CT molecular complexity index is 564. The monoisotopic (exact) mass is 403 g/mol. The molecule has 2 heterocycles. The van der Waals surface area contributed by atoms with Crippen molar-refractivity contribution in [3.63, 3.8) is 0 Å². The molecule has 1 aromatic heterocycles. The van der Waals surface area contributed by atoms with Crippen molar-refractivity contribution in [3.05, 3.63) is 24.3 Å². The molecule has 7 heteroatoms. The Morgan fingerprint density at radius 1 is 1.25 bits per heavy atom. The summed E-state index contributed by atoms with van der Waals surface area (Å²) >= 11 is 1.69.